The molecule has 150 valence electrons. The van der Waals surface area contributed by atoms with Crippen molar-refractivity contribution in [3.05, 3.63) is 47.0 Å². The van der Waals surface area contributed by atoms with Crippen molar-refractivity contribution in [2.45, 2.75) is 32.1 Å². The Balaban J connectivity index is 0.000000637. The van der Waals surface area contributed by atoms with E-state index >= 15 is 0 Å². The van der Waals surface area contributed by atoms with Crippen molar-refractivity contribution in [1.29, 1.82) is 0 Å². The molecule has 0 fully saturated rings. The van der Waals surface area contributed by atoms with Crippen molar-refractivity contribution < 1.29 is 8.78 Å². The SMILES string of the molecule is C#Cc1ccc(F)c(C2N=C(N)SC(C)[C@H]2C)c1.C/C(N)=C/N(C)N.CF. The Morgan fingerprint density at radius 1 is 1.37 bits per heavy atom. The number of benzene rings is 1. The third-order valence-electron chi connectivity index (χ3n) is 3.70. The van der Waals surface area contributed by atoms with Gasteiger partial charge in [-0.05, 0) is 31.0 Å². The number of rotatable bonds is 2. The number of hydrogen-bond donors (Lipinski definition) is 3. The maximum atomic E-state index is 13.9. The average Bonchev–Trinajstić information content (AvgIpc) is 2.60. The number of allylic oxidation sites excluding steroid dienone is 1. The fourth-order valence-corrected chi connectivity index (χ4v) is 3.29. The zero-order chi connectivity index (χ0) is 21.1. The van der Waals surface area contributed by atoms with Crippen molar-refractivity contribution in [2.24, 2.45) is 28.2 Å². The minimum atomic E-state index is -0.276. The lowest BCUT2D eigenvalue weighted by molar-refractivity contribution is 0.447. The number of terminal acetylenes is 1. The molecular weight excluding hydrogens is 368 g/mol. The predicted molar refractivity (Wildman–Crippen MR) is 112 cm³/mol. The van der Waals surface area contributed by atoms with E-state index in [1.54, 1.807) is 32.3 Å². The summed E-state index contributed by atoms with van der Waals surface area (Å²) in [4.78, 5) is 4.37. The van der Waals surface area contributed by atoms with Crippen LogP contribution in [0.2, 0.25) is 0 Å². The van der Waals surface area contributed by atoms with E-state index in [1.165, 1.54) is 22.8 Å². The van der Waals surface area contributed by atoms with Gasteiger partial charge in [0.15, 0.2) is 5.17 Å². The summed E-state index contributed by atoms with van der Waals surface area (Å²) in [5.41, 5.74) is 12.9. The maximum absolute atomic E-state index is 13.9. The molecule has 5 nitrogen and oxygen atoms in total. The molecule has 27 heavy (non-hydrogen) atoms. The maximum Gasteiger partial charge on any atom is 0.154 e. The number of aliphatic imine (C=N–C) groups is 1. The van der Waals surface area contributed by atoms with Crippen LogP contribution in [0, 0.1) is 24.1 Å². The first-order valence-electron chi connectivity index (χ1n) is 8.20. The van der Waals surface area contributed by atoms with Gasteiger partial charge in [0, 0.05) is 35.3 Å². The molecule has 1 aromatic carbocycles. The van der Waals surface area contributed by atoms with E-state index in [0.29, 0.717) is 34.4 Å². The van der Waals surface area contributed by atoms with Gasteiger partial charge in [0.25, 0.3) is 0 Å². The molecule has 1 heterocycles. The smallest absolute Gasteiger partial charge is 0.154 e. The highest BCUT2D eigenvalue weighted by atomic mass is 32.2. The van der Waals surface area contributed by atoms with E-state index in [4.69, 9.17) is 23.7 Å². The summed E-state index contributed by atoms with van der Waals surface area (Å²) in [6, 6.07) is 4.43. The Labute approximate surface area is 165 Å². The molecule has 1 aliphatic heterocycles. The highest BCUT2D eigenvalue weighted by molar-refractivity contribution is 8.14. The number of nitrogens with zero attached hydrogens (tertiary/aromatic N) is 2. The molecule has 6 N–H and O–H groups in total. The number of halogens is 2. The van der Waals surface area contributed by atoms with Crippen LogP contribution >= 0.6 is 11.8 Å². The van der Waals surface area contributed by atoms with E-state index < -0.39 is 0 Å². The number of alkyl halides is 1. The fraction of sp³-hybridized carbons (Fsp3) is 0.421. The van der Waals surface area contributed by atoms with Gasteiger partial charge in [-0.3, -0.25) is 9.38 Å². The van der Waals surface area contributed by atoms with Gasteiger partial charge in [-0.1, -0.05) is 31.5 Å². The second-order valence-corrected chi connectivity index (χ2v) is 7.41. The molecule has 8 heteroatoms. The van der Waals surface area contributed by atoms with Crippen LogP contribution in [0.25, 0.3) is 0 Å². The second kappa shape index (κ2) is 12.2. The largest absolute Gasteiger partial charge is 0.401 e. The predicted octanol–water partition coefficient (Wildman–Crippen LogP) is 3.13. The van der Waals surface area contributed by atoms with E-state index in [2.05, 4.69) is 24.8 Å². The molecule has 0 radical (unpaired) electrons. The highest BCUT2D eigenvalue weighted by Crippen LogP contribution is 2.39. The van der Waals surface area contributed by atoms with Crippen molar-refractivity contribution >= 4 is 16.9 Å². The Hall–Kier alpha value is -2.24. The second-order valence-electron chi connectivity index (χ2n) is 6.01. The normalized spacial score (nSPS) is 21.5. The summed E-state index contributed by atoms with van der Waals surface area (Å²) < 4.78 is 23.4. The minimum Gasteiger partial charge on any atom is -0.401 e. The number of hydrazine groups is 1. The molecule has 0 spiro atoms. The zero-order valence-corrected chi connectivity index (χ0v) is 17.2. The van der Waals surface area contributed by atoms with E-state index in [9.17, 15) is 8.78 Å². The van der Waals surface area contributed by atoms with Crippen LogP contribution in [0.3, 0.4) is 0 Å². The van der Waals surface area contributed by atoms with Crippen molar-refractivity contribution in [3.8, 4) is 12.3 Å². The third kappa shape index (κ3) is 8.33. The summed E-state index contributed by atoms with van der Waals surface area (Å²) in [5, 5.41) is 2.23. The summed E-state index contributed by atoms with van der Waals surface area (Å²) in [6.45, 7) is 5.91. The molecule has 0 aromatic heterocycles. The van der Waals surface area contributed by atoms with Crippen LogP contribution in [-0.2, 0) is 0 Å². The van der Waals surface area contributed by atoms with Crippen LogP contribution in [-0.4, -0.2) is 29.7 Å². The molecule has 0 bridgehead atoms. The average molecular weight is 398 g/mol. The summed E-state index contributed by atoms with van der Waals surface area (Å²) >= 11 is 1.53. The molecule has 2 rings (SSSR count). The molecule has 0 amide bonds. The fourth-order valence-electron chi connectivity index (χ4n) is 2.37. The summed E-state index contributed by atoms with van der Waals surface area (Å²) in [7, 11) is 2.22. The zero-order valence-electron chi connectivity index (χ0n) is 16.4. The molecular formula is C19H29F2N5S. The minimum absolute atomic E-state index is 0.213. The van der Waals surface area contributed by atoms with Gasteiger partial charge in [-0.25, -0.2) is 10.2 Å². The number of nitrogens with two attached hydrogens (primary N) is 3. The number of amidine groups is 1. The Bertz CT molecular complexity index is 694. The van der Waals surface area contributed by atoms with Crippen molar-refractivity contribution in [3.63, 3.8) is 0 Å². The Kier molecular flexibility index (Phi) is 11.2. The Morgan fingerprint density at radius 2 is 1.96 bits per heavy atom. The molecule has 2 unspecified atom stereocenters. The van der Waals surface area contributed by atoms with Gasteiger partial charge >= 0.3 is 0 Å². The van der Waals surface area contributed by atoms with Gasteiger partial charge in [0.2, 0.25) is 0 Å². The number of thioether (sulfide) groups is 1. The van der Waals surface area contributed by atoms with Crippen molar-refractivity contribution in [2.75, 3.05) is 14.2 Å². The third-order valence-corrected chi connectivity index (χ3v) is 4.85. The molecule has 0 aliphatic carbocycles. The quantitative estimate of drug-likeness (QED) is 0.405. The summed E-state index contributed by atoms with van der Waals surface area (Å²) in [5.74, 6) is 7.63. The van der Waals surface area contributed by atoms with Crippen LogP contribution in [0.5, 0.6) is 0 Å². The van der Waals surface area contributed by atoms with Crippen molar-refractivity contribution in [1.82, 2.24) is 5.01 Å². The molecule has 1 aromatic rings. The van der Waals surface area contributed by atoms with E-state index in [-0.39, 0.29) is 17.8 Å². The molecule has 3 atom stereocenters. The standard InChI is InChI=1S/C14H15FN2S.C4H11N3.CH3F/c1-4-10-5-6-12(15)11(7-10)13-8(2)9(3)18-14(16)17-13;1-4(5)3-7(2)6;1-2/h1,5-9,13H,2-3H3,(H2,16,17);3H,5-6H2,1-2H3;1H3/b;4-3-;/t8-,9?,13?;;/m1../s1. The Morgan fingerprint density at radius 3 is 2.41 bits per heavy atom. The van der Waals surface area contributed by atoms with Gasteiger partial charge < -0.3 is 16.5 Å². The van der Waals surface area contributed by atoms with E-state index in [0.717, 1.165) is 0 Å². The lowest BCUT2D eigenvalue weighted by Crippen LogP contribution is -2.28. The molecule has 1 aliphatic rings. The van der Waals surface area contributed by atoms with Crippen LogP contribution in [0.4, 0.5) is 8.78 Å². The lowest BCUT2D eigenvalue weighted by atomic mass is 9.91. The van der Waals surface area contributed by atoms with Gasteiger partial charge in [-0.2, -0.15) is 0 Å². The van der Waals surface area contributed by atoms with Crippen LogP contribution in [0.15, 0.2) is 35.1 Å². The van der Waals surface area contributed by atoms with E-state index in [1.807, 2.05) is 0 Å². The first-order valence-corrected chi connectivity index (χ1v) is 9.08. The molecule has 0 saturated carbocycles. The first-order chi connectivity index (χ1) is 12.6. The summed E-state index contributed by atoms with van der Waals surface area (Å²) in [6.07, 6.45) is 6.99. The first kappa shape index (κ1) is 24.8. The lowest BCUT2D eigenvalue weighted by Gasteiger charge is -2.30. The van der Waals surface area contributed by atoms with Gasteiger partial charge in [0.05, 0.1) is 13.2 Å². The topological polar surface area (TPSA) is 93.7 Å². The van der Waals surface area contributed by atoms with Crippen LogP contribution < -0.4 is 17.3 Å². The number of hydrogen-bond acceptors (Lipinski definition) is 6. The monoisotopic (exact) mass is 397 g/mol. The highest BCUT2D eigenvalue weighted by Gasteiger charge is 2.31. The van der Waals surface area contributed by atoms with Gasteiger partial charge in [0.1, 0.15) is 5.82 Å². The van der Waals surface area contributed by atoms with Gasteiger partial charge in [-0.15, -0.1) is 6.42 Å². The van der Waals surface area contributed by atoms with Crippen LogP contribution in [0.1, 0.15) is 37.9 Å². The molecule has 0 saturated heterocycles.